The first-order chi connectivity index (χ1) is 16.4. The Morgan fingerprint density at radius 3 is 2.53 bits per heavy atom. The van der Waals surface area contributed by atoms with Crippen LogP contribution in [0.4, 0.5) is 20.7 Å². The molecule has 9 nitrogen and oxygen atoms in total. The number of aromatic nitrogens is 2. The van der Waals surface area contributed by atoms with E-state index in [2.05, 4.69) is 16.5 Å². The van der Waals surface area contributed by atoms with Crippen molar-refractivity contribution in [2.75, 3.05) is 11.9 Å². The number of hydrogen-bond donors (Lipinski definition) is 3. The number of rotatable bonds is 6. The molecule has 2 amide bonds. The van der Waals surface area contributed by atoms with Crippen molar-refractivity contribution in [2.24, 2.45) is 11.7 Å². The zero-order valence-electron chi connectivity index (χ0n) is 18.1. The molecule has 1 saturated heterocycles. The van der Waals surface area contributed by atoms with Crippen LogP contribution in [0.15, 0.2) is 60.8 Å². The highest BCUT2D eigenvalue weighted by atomic mass is 19.1. The monoisotopic (exact) mass is 462 g/mol. The Labute approximate surface area is 195 Å². The molecule has 1 unspecified atom stereocenters. The van der Waals surface area contributed by atoms with Crippen molar-refractivity contribution in [1.82, 2.24) is 14.7 Å². The molecule has 34 heavy (non-hydrogen) atoms. The SMILES string of the molecule is N#C[C@@H]1C(Cc2ccccc2)N(C(=O)O)CC[C@@H]1n1cc(C(N)=O)c(Nc2ccc(F)cc2)n1. The van der Waals surface area contributed by atoms with Crippen LogP contribution in [0.1, 0.15) is 28.4 Å². The predicted molar refractivity (Wildman–Crippen MR) is 122 cm³/mol. The topological polar surface area (TPSA) is 137 Å². The molecule has 1 aromatic heterocycles. The molecule has 0 radical (unpaired) electrons. The van der Waals surface area contributed by atoms with Gasteiger partial charge in [-0.3, -0.25) is 9.48 Å². The van der Waals surface area contributed by atoms with Crippen LogP contribution in [0, 0.1) is 23.1 Å². The summed E-state index contributed by atoms with van der Waals surface area (Å²) in [7, 11) is 0. The van der Waals surface area contributed by atoms with Gasteiger partial charge in [-0.25, -0.2) is 9.18 Å². The summed E-state index contributed by atoms with van der Waals surface area (Å²) in [5.41, 5.74) is 7.08. The molecule has 2 aromatic carbocycles. The number of carboxylic acid groups (broad SMARTS) is 1. The predicted octanol–water partition coefficient (Wildman–Crippen LogP) is 3.54. The Balaban J connectivity index is 1.67. The highest BCUT2D eigenvalue weighted by molar-refractivity contribution is 5.98. The van der Waals surface area contributed by atoms with Gasteiger partial charge >= 0.3 is 6.09 Å². The summed E-state index contributed by atoms with van der Waals surface area (Å²) in [6, 6.07) is 16.1. The molecule has 2 heterocycles. The summed E-state index contributed by atoms with van der Waals surface area (Å²) >= 11 is 0. The van der Waals surface area contributed by atoms with Crippen LogP contribution >= 0.6 is 0 Å². The van der Waals surface area contributed by atoms with Crippen molar-refractivity contribution in [2.45, 2.75) is 24.9 Å². The van der Waals surface area contributed by atoms with Gasteiger partial charge in [0.1, 0.15) is 11.4 Å². The summed E-state index contributed by atoms with van der Waals surface area (Å²) in [6.07, 6.45) is 1.09. The summed E-state index contributed by atoms with van der Waals surface area (Å²) in [5.74, 6) is -1.66. The number of likely N-dealkylation sites (tertiary alicyclic amines) is 1. The lowest BCUT2D eigenvalue weighted by molar-refractivity contribution is 0.0670. The number of carbonyl (C=O) groups excluding carboxylic acids is 1. The molecule has 0 saturated carbocycles. The van der Waals surface area contributed by atoms with E-state index in [4.69, 9.17) is 5.73 Å². The van der Waals surface area contributed by atoms with Crippen molar-refractivity contribution in [3.63, 3.8) is 0 Å². The molecule has 4 N–H and O–H groups in total. The number of nitrogens with one attached hydrogen (secondary N) is 1. The van der Waals surface area contributed by atoms with Crippen LogP contribution in [-0.4, -0.2) is 44.4 Å². The van der Waals surface area contributed by atoms with Gasteiger partial charge in [-0.05, 0) is 42.7 Å². The Bertz CT molecular complexity index is 1220. The van der Waals surface area contributed by atoms with Crippen LogP contribution in [-0.2, 0) is 6.42 Å². The summed E-state index contributed by atoms with van der Waals surface area (Å²) in [5, 5.41) is 27.3. The second kappa shape index (κ2) is 9.62. The molecule has 174 valence electrons. The standard InChI is InChI=1S/C24H23FN6O3/c25-16-6-8-17(9-7-16)28-23-19(22(27)32)14-31(29-23)20-10-11-30(24(33)34)21(18(20)13-26)12-15-4-2-1-3-5-15/h1-9,14,18,20-21H,10-12H2,(H2,27,32)(H,28,29)(H,33,34)/t18-,20-,21?/m0/s1. The summed E-state index contributed by atoms with van der Waals surface area (Å²) in [4.78, 5) is 25.3. The molecular formula is C24H23FN6O3. The molecule has 1 aliphatic heterocycles. The number of nitriles is 1. The molecule has 4 rings (SSSR count). The Hall–Kier alpha value is -4.39. The number of halogens is 1. The molecule has 0 spiro atoms. The third-order valence-electron chi connectivity index (χ3n) is 6.02. The normalized spacial score (nSPS) is 19.9. The quantitative estimate of drug-likeness (QED) is 0.512. The van der Waals surface area contributed by atoms with Gasteiger partial charge in [-0.15, -0.1) is 0 Å². The number of carbonyl (C=O) groups is 2. The molecule has 1 fully saturated rings. The van der Waals surface area contributed by atoms with Gasteiger partial charge in [-0.2, -0.15) is 10.4 Å². The third kappa shape index (κ3) is 4.68. The zero-order valence-corrected chi connectivity index (χ0v) is 18.1. The van der Waals surface area contributed by atoms with Gasteiger partial charge in [-0.1, -0.05) is 30.3 Å². The van der Waals surface area contributed by atoms with Crippen LogP contribution in [0.25, 0.3) is 0 Å². The number of primary amides is 1. The number of benzene rings is 2. The first-order valence-corrected chi connectivity index (χ1v) is 10.7. The fourth-order valence-electron chi connectivity index (χ4n) is 4.37. The number of piperidine rings is 1. The molecular weight excluding hydrogens is 439 g/mol. The van der Waals surface area contributed by atoms with Gasteiger partial charge in [0.15, 0.2) is 5.82 Å². The van der Waals surface area contributed by atoms with Crippen LogP contribution in [0.2, 0.25) is 0 Å². The molecule has 10 heteroatoms. The lowest BCUT2D eigenvalue weighted by atomic mass is 9.82. The van der Waals surface area contributed by atoms with Crippen LogP contribution < -0.4 is 11.1 Å². The van der Waals surface area contributed by atoms with Crippen LogP contribution in [0.5, 0.6) is 0 Å². The maximum Gasteiger partial charge on any atom is 0.407 e. The molecule has 1 aliphatic rings. The third-order valence-corrected chi connectivity index (χ3v) is 6.02. The van der Waals surface area contributed by atoms with Crippen molar-refractivity contribution in [3.8, 4) is 6.07 Å². The molecule has 0 bridgehead atoms. The van der Waals surface area contributed by atoms with Crippen molar-refractivity contribution in [1.29, 1.82) is 5.26 Å². The maximum atomic E-state index is 13.2. The largest absolute Gasteiger partial charge is 0.465 e. The summed E-state index contributed by atoms with van der Waals surface area (Å²) < 4.78 is 14.8. The van der Waals surface area contributed by atoms with E-state index >= 15 is 0 Å². The van der Waals surface area contributed by atoms with E-state index < -0.39 is 35.8 Å². The number of amides is 2. The van der Waals surface area contributed by atoms with Crippen molar-refractivity contribution >= 4 is 23.5 Å². The molecule has 3 atom stereocenters. The van der Waals surface area contributed by atoms with E-state index in [0.29, 0.717) is 18.5 Å². The highest BCUT2D eigenvalue weighted by Crippen LogP contribution is 2.35. The minimum Gasteiger partial charge on any atom is -0.465 e. The van der Waals surface area contributed by atoms with Gasteiger partial charge < -0.3 is 21.1 Å². The van der Waals surface area contributed by atoms with Gasteiger partial charge in [0, 0.05) is 18.4 Å². The average molecular weight is 462 g/mol. The van der Waals surface area contributed by atoms with Gasteiger partial charge in [0.05, 0.1) is 24.1 Å². The molecule has 3 aromatic rings. The number of nitrogens with zero attached hydrogens (tertiary/aromatic N) is 4. The minimum absolute atomic E-state index is 0.112. The lowest BCUT2D eigenvalue weighted by Crippen LogP contribution is -2.52. The first-order valence-electron chi connectivity index (χ1n) is 10.7. The number of anilines is 2. The fraction of sp³-hybridized carbons (Fsp3) is 0.250. The Kier molecular flexibility index (Phi) is 6.45. The maximum absolute atomic E-state index is 13.2. The Morgan fingerprint density at radius 1 is 1.21 bits per heavy atom. The van der Waals surface area contributed by atoms with Crippen LogP contribution in [0.3, 0.4) is 0 Å². The van der Waals surface area contributed by atoms with E-state index in [-0.39, 0.29) is 17.9 Å². The van der Waals surface area contributed by atoms with E-state index in [1.807, 2.05) is 30.3 Å². The molecule has 0 aliphatic carbocycles. The highest BCUT2D eigenvalue weighted by Gasteiger charge is 2.42. The van der Waals surface area contributed by atoms with Gasteiger partial charge in [0.25, 0.3) is 5.91 Å². The second-order valence-electron chi connectivity index (χ2n) is 8.11. The second-order valence-corrected chi connectivity index (χ2v) is 8.11. The fourth-order valence-corrected chi connectivity index (χ4v) is 4.37. The zero-order chi connectivity index (χ0) is 24.2. The van der Waals surface area contributed by atoms with Crippen molar-refractivity contribution < 1.29 is 19.1 Å². The van der Waals surface area contributed by atoms with E-state index in [0.717, 1.165) is 5.56 Å². The summed E-state index contributed by atoms with van der Waals surface area (Å²) in [6.45, 7) is 0.210. The smallest absolute Gasteiger partial charge is 0.407 e. The number of nitrogens with two attached hydrogens (primary N) is 1. The first kappa shape index (κ1) is 22.8. The average Bonchev–Trinajstić information content (AvgIpc) is 3.24. The Morgan fingerprint density at radius 2 is 1.91 bits per heavy atom. The van der Waals surface area contributed by atoms with Gasteiger partial charge in [0.2, 0.25) is 0 Å². The van der Waals surface area contributed by atoms with E-state index in [1.165, 1.54) is 40.0 Å². The van der Waals surface area contributed by atoms with E-state index in [1.54, 1.807) is 0 Å². The van der Waals surface area contributed by atoms with Crippen molar-refractivity contribution in [3.05, 3.63) is 77.7 Å². The number of hydrogen-bond acceptors (Lipinski definition) is 5. The lowest BCUT2D eigenvalue weighted by Gasteiger charge is -2.41. The van der Waals surface area contributed by atoms with E-state index in [9.17, 15) is 24.3 Å². The minimum atomic E-state index is -1.09.